The summed E-state index contributed by atoms with van der Waals surface area (Å²) in [5.41, 5.74) is 4.51. The smallest absolute Gasteiger partial charge is 0.252 e. The van der Waals surface area contributed by atoms with E-state index in [1.165, 1.54) is 15.4 Å². The van der Waals surface area contributed by atoms with Gasteiger partial charge in [0, 0.05) is 25.9 Å². The first-order valence-electron chi connectivity index (χ1n) is 15.8. The van der Waals surface area contributed by atoms with Crippen LogP contribution in [0.5, 0.6) is 5.75 Å². The van der Waals surface area contributed by atoms with Crippen molar-refractivity contribution < 1.29 is 27.9 Å². The third-order valence-electron chi connectivity index (χ3n) is 7.98. The Kier molecular flexibility index (Phi) is 11.8. The zero-order chi connectivity index (χ0) is 31.9. The second-order valence-corrected chi connectivity index (χ2v) is 14.7. The third kappa shape index (κ3) is 9.03. The minimum atomic E-state index is -4.00. The zero-order valence-corrected chi connectivity index (χ0v) is 27.3. The molecule has 10 nitrogen and oxygen atoms in total. The van der Waals surface area contributed by atoms with E-state index in [2.05, 4.69) is 5.43 Å². The van der Waals surface area contributed by atoms with Crippen LogP contribution in [0.3, 0.4) is 0 Å². The zero-order valence-electron chi connectivity index (χ0n) is 26.4. The summed E-state index contributed by atoms with van der Waals surface area (Å²) in [7, 11) is -4.00. The largest absolute Gasteiger partial charge is 0.493 e. The van der Waals surface area contributed by atoms with Crippen molar-refractivity contribution in [3.8, 4) is 5.75 Å². The van der Waals surface area contributed by atoms with Gasteiger partial charge in [0.05, 0.1) is 30.2 Å². The number of nitrogens with zero attached hydrogens (tertiary/aromatic N) is 3. The number of amides is 2. The second-order valence-electron chi connectivity index (χ2n) is 12.8. The van der Waals surface area contributed by atoms with E-state index in [4.69, 9.17) is 4.74 Å². The van der Waals surface area contributed by atoms with Gasteiger partial charge in [-0.05, 0) is 73.5 Å². The van der Waals surface area contributed by atoms with Crippen molar-refractivity contribution >= 4 is 21.8 Å². The lowest BCUT2D eigenvalue weighted by atomic mass is 9.99. The van der Waals surface area contributed by atoms with Gasteiger partial charge in [-0.15, -0.1) is 0 Å². The van der Waals surface area contributed by atoms with E-state index in [0.29, 0.717) is 18.8 Å². The van der Waals surface area contributed by atoms with Gasteiger partial charge in [0.25, 0.3) is 5.91 Å². The van der Waals surface area contributed by atoms with Gasteiger partial charge >= 0.3 is 0 Å². The molecule has 0 radical (unpaired) electrons. The lowest BCUT2D eigenvalue weighted by molar-refractivity contribution is -0.148. The highest BCUT2D eigenvalue weighted by atomic mass is 32.2. The number of sulfonamides is 1. The Hall–Kier alpha value is -2.99. The first kappa shape index (κ1) is 33.9. The first-order chi connectivity index (χ1) is 20.9. The van der Waals surface area contributed by atoms with Gasteiger partial charge in [-0.1, -0.05) is 58.0 Å². The van der Waals surface area contributed by atoms with Crippen molar-refractivity contribution in [3.05, 3.63) is 59.7 Å². The number of carbonyl (C=O) groups excluding carboxylic acids is 2. The topological polar surface area (TPSA) is 119 Å². The van der Waals surface area contributed by atoms with Gasteiger partial charge < -0.3 is 9.84 Å². The molecule has 0 bridgehead atoms. The molecule has 2 heterocycles. The Morgan fingerprint density at radius 3 is 2.36 bits per heavy atom. The molecule has 11 heteroatoms. The number of nitrogens with one attached hydrogen (secondary N) is 1. The van der Waals surface area contributed by atoms with Crippen molar-refractivity contribution in [1.29, 1.82) is 0 Å². The summed E-state index contributed by atoms with van der Waals surface area (Å²) < 4.78 is 34.9. The summed E-state index contributed by atoms with van der Waals surface area (Å²) in [6, 6.07) is 13.4. The number of hydrazine groups is 1. The molecule has 4 rings (SSSR count). The van der Waals surface area contributed by atoms with Crippen molar-refractivity contribution in [2.24, 2.45) is 11.8 Å². The SMILES string of the molecule is CC(C)CC(=O)N(NC(=O)CN1CCCC1)C(Cc1ccccc1)[C@H](O)CN(CC(C)C)S(=O)(=O)c1ccc2c(c1)CCO2. The van der Waals surface area contributed by atoms with Crippen molar-refractivity contribution in [1.82, 2.24) is 19.6 Å². The molecule has 2 atom stereocenters. The summed E-state index contributed by atoms with van der Waals surface area (Å²) in [4.78, 5) is 29.1. The fourth-order valence-corrected chi connectivity index (χ4v) is 7.50. The quantitative estimate of drug-likeness (QED) is 0.309. The summed E-state index contributed by atoms with van der Waals surface area (Å²) in [5, 5.41) is 13.2. The summed E-state index contributed by atoms with van der Waals surface area (Å²) in [6.07, 6.45) is 1.76. The number of benzene rings is 2. The van der Waals surface area contributed by atoms with E-state index in [1.807, 2.05) is 62.9 Å². The standard InChI is InChI=1S/C33H48N4O6S/c1-24(2)18-33(40)37(34-32(39)23-35-15-8-9-16-35)29(19-26-10-6-5-7-11-26)30(38)22-36(21-25(3)4)44(41,42)28-12-13-31-27(20-28)14-17-43-31/h5-7,10-13,20,24-25,29-30,38H,8-9,14-19,21-23H2,1-4H3,(H,34,39)/t29?,30-/m1/s1. The molecule has 2 amide bonds. The molecule has 0 spiro atoms. The maximum absolute atomic E-state index is 14.0. The van der Waals surface area contributed by atoms with E-state index >= 15 is 0 Å². The minimum absolute atomic E-state index is 0.0107. The Morgan fingerprint density at radius 1 is 1.00 bits per heavy atom. The van der Waals surface area contributed by atoms with Crippen molar-refractivity contribution in [2.75, 3.05) is 39.3 Å². The van der Waals surface area contributed by atoms with Crippen LogP contribution in [0.2, 0.25) is 0 Å². The van der Waals surface area contributed by atoms with Gasteiger partial charge in [-0.2, -0.15) is 4.31 Å². The molecule has 0 aliphatic carbocycles. The normalized spacial score (nSPS) is 16.6. The Morgan fingerprint density at radius 2 is 1.70 bits per heavy atom. The maximum Gasteiger partial charge on any atom is 0.252 e. The van der Waals surface area contributed by atoms with E-state index in [1.54, 1.807) is 12.1 Å². The van der Waals surface area contributed by atoms with Crippen LogP contribution in [-0.4, -0.2) is 91.0 Å². The Bertz CT molecular complexity index is 1360. The van der Waals surface area contributed by atoms with Gasteiger partial charge in [0.1, 0.15) is 5.75 Å². The lowest BCUT2D eigenvalue weighted by Gasteiger charge is -2.37. The van der Waals surface area contributed by atoms with Crippen LogP contribution >= 0.6 is 0 Å². The van der Waals surface area contributed by atoms with E-state index in [9.17, 15) is 23.1 Å². The van der Waals surface area contributed by atoms with E-state index < -0.39 is 22.2 Å². The van der Waals surface area contributed by atoms with E-state index in [0.717, 1.165) is 37.1 Å². The number of hydrogen-bond donors (Lipinski definition) is 2. The second kappa shape index (κ2) is 15.3. The number of hydrogen-bond acceptors (Lipinski definition) is 7. The Balaban J connectivity index is 1.66. The molecule has 44 heavy (non-hydrogen) atoms. The summed E-state index contributed by atoms with van der Waals surface area (Å²) in [6.45, 7) is 9.90. The third-order valence-corrected chi connectivity index (χ3v) is 9.81. The van der Waals surface area contributed by atoms with Crippen LogP contribution in [0.25, 0.3) is 0 Å². The average Bonchev–Trinajstić information content (AvgIpc) is 3.66. The van der Waals surface area contributed by atoms with Crippen LogP contribution < -0.4 is 10.2 Å². The molecule has 1 unspecified atom stereocenters. The number of ether oxygens (including phenoxy) is 1. The van der Waals surface area contributed by atoms with Crippen LogP contribution in [-0.2, 0) is 32.5 Å². The fraction of sp³-hybridized carbons (Fsp3) is 0.576. The molecular weight excluding hydrogens is 580 g/mol. The number of carbonyl (C=O) groups is 2. The van der Waals surface area contributed by atoms with Crippen LogP contribution in [0.15, 0.2) is 53.4 Å². The average molecular weight is 629 g/mol. The molecule has 2 aromatic carbocycles. The minimum Gasteiger partial charge on any atom is -0.493 e. The maximum atomic E-state index is 14.0. The fourth-order valence-electron chi connectivity index (χ4n) is 5.83. The monoisotopic (exact) mass is 628 g/mol. The molecule has 2 aromatic rings. The van der Waals surface area contributed by atoms with Gasteiger partial charge in [-0.25, -0.2) is 13.4 Å². The van der Waals surface area contributed by atoms with Gasteiger partial charge in [0.2, 0.25) is 15.9 Å². The number of likely N-dealkylation sites (tertiary alicyclic amines) is 1. The summed E-state index contributed by atoms with van der Waals surface area (Å²) >= 11 is 0. The van der Waals surface area contributed by atoms with Crippen LogP contribution in [0.4, 0.5) is 0 Å². The molecule has 2 N–H and O–H groups in total. The number of aliphatic hydroxyl groups is 1. The molecule has 1 fully saturated rings. The molecule has 2 aliphatic heterocycles. The molecular formula is C33H48N4O6S. The molecule has 0 aromatic heterocycles. The number of aliphatic hydroxyl groups excluding tert-OH is 1. The predicted molar refractivity (Wildman–Crippen MR) is 169 cm³/mol. The van der Waals surface area contributed by atoms with E-state index in [-0.39, 0.29) is 61.0 Å². The first-order valence-corrected chi connectivity index (χ1v) is 17.2. The van der Waals surface area contributed by atoms with Crippen LogP contribution in [0.1, 0.15) is 58.1 Å². The van der Waals surface area contributed by atoms with Crippen molar-refractivity contribution in [2.45, 2.75) is 76.8 Å². The van der Waals surface area contributed by atoms with Crippen molar-refractivity contribution in [3.63, 3.8) is 0 Å². The van der Waals surface area contributed by atoms with Gasteiger partial charge in [-0.3, -0.25) is 19.9 Å². The summed E-state index contributed by atoms with van der Waals surface area (Å²) in [5.74, 6) is 0.0111. The molecule has 242 valence electrons. The lowest BCUT2D eigenvalue weighted by Crippen LogP contribution is -2.60. The number of rotatable bonds is 14. The Labute approximate surface area is 262 Å². The predicted octanol–water partition coefficient (Wildman–Crippen LogP) is 3.24. The van der Waals surface area contributed by atoms with Gasteiger partial charge in [0.15, 0.2) is 0 Å². The molecule has 2 aliphatic rings. The highest BCUT2D eigenvalue weighted by molar-refractivity contribution is 7.89. The highest BCUT2D eigenvalue weighted by Gasteiger charge is 2.36. The highest BCUT2D eigenvalue weighted by Crippen LogP contribution is 2.29. The molecule has 1 saturated heterocycles. The number of fused-ring (bicyclic) bond motifs is 1. The molecule has 0 saturated carbocycles. The van der Waals surface area contributed by atoms with Crippen LogP contribution in [0, 0.1) is 11.8 Å².